The molecule has 39 heavy (non-hydrogen) atoms. The Labute approximate surface area is 228 Å². The topological polar surface area (TPSA) is 127 Å². The lowest BCUT2D eigenvalue weighted by atomic mass is 9.97. The SMILES string of the molecule is CCN(CC)CC(O)CNC(=O)c1c(C)[nH]c(C=C2C(=O)Nc3ccc(C(=O)NC)cc32)c1-c1ccccc1. The molecule has 0 spiro atoms. The lowest BCUT2D eigenvalue weighted by Gasteiger charge is -2.22. The van der Waals surface area contributed by atoms with Crippen LogP contribution in [0.1, 0.15) is 51.5 Å². The van der Waals surface area contributed by atoms with Gasteiger partial charge < -0.3 is 30.9 Å². The van der Waals surface area contributed by atoms with E-state index in [4.69, 9.17) is 0 Å². The highest BCUT2D eigenvalue weighted by molar-refractivity contribution is 6.35. The Kier molecular flexibility index (Phi) is 8.63. The van der Waals surface area contributed by atoms with Gasteiger partial charge in [-0.15, -0.1) is 0 Å². The molecule has 3 amide bonds. The molecular weight excluding hydrogens is 494 g/mol. The Balaban J connectivity index is 1.73. The van der Waals surface area contributed by atoms with E-state index in [-0.39, 0.29) is 24.3 Å². The minimum absolute atomic E-state index is 0.114. The van der Waals surface area contributed by atoms with Gasteiger partial charge in [0, 0.05) is 53.9 Å². The first-order valence-electron chi connectivity index (χ1n) is 13.1. The fourth-order valence-electron chi connectivity index (χ4n) is 4.85. The smallest absolute Gasteiger partial charge is 0.256 e. The normalized spacial score (nSPS) is 14.3. The van der Waals surface area contributed by atoms with E-state index in [1.807, 2.05) is 51.1 Å². The number of fused-ring (bicyclic) bond motifs is 1. The van der Waals surface area contributed by atoms with Crippen LogP contribution in [0, 0.1) is 6.92 Å². The number of carbonyl (C=O) groups is 3. The van der Waals surface area contributed by atoms with Crippen LogP contribution in [0.15, 0.2) is 48.5 Å². The Hall–Kier alpha value is -4.21. The molecule has 3 aromatic rings. The third-order valence-electron chi connectivity index (χ3n) is 6.95. The Bertz CT molecular complexity index is 1410. The molecule has 1 aromatic heterocycles. The molecule has 1 aliphatic rings. The molecule has 9 nitrogen and oxygen atoms in total. The summed E-state index contributed by atoms with van der Waals surface area (Å²) in [6, 6.07) is 14.5. The minimum Gasteiger partial charge on any atom is -0.390 e. The van der Waals surface area contributed by atoms with Crippen LogP contribution in [0.2, 0.25) is 0 Å². The van der Waals surface area contributed by atoms with Crippen molar-refractivity contribution < 1.29 is 19.5 Å². The predicted molar refractivity (Wildman–Crippen MR) is 153 cm³/mol. The highest BCUT2D eigenvalue weighted by Gasteiger charge is 2.28. The van der Waals surface area contributed by atoms with Gasteiger partial charge in [-0.2, -0.15) is 0 Å². The first-order chi connectivity index (χ1) is 18.8. The van der Waals surface area contributed by atoms with Crippen LogP contribution in [0.5, 0.6) is 0 Å². The maximum atomic E-state index is 13.5. The third kappa shape index (κ3) is 5.94. The van der Waals surface area contributed by atoms with E-state index in [0.717, 1.165) is 18.7 Å². The Morgan fingerprint density at radius 2 is 1.79 bits per heavy atom. The van der Waals surface area contributed by atoms with E-state index >= 15 is 0 Å². The highest BCUT2D eigenvalue weighted by Crippen LogP contribution is 2.37. The molecule has 0 saturated heterocycles. The lowest BCUT2D eigenvalue weighted by Crippen LogP contribution is -2.40. The molecular formula is C30H35N5O4. The van der Waals surface area contributed by atoms with Gasteiger partial charge in [0.1, 0.15) is 0 Å². The second-order valence-electron chi connectivity index (χ2n) is 9.48. The number of hydrogen-bond donors (Lipinski definition) is 5. The number of H-pyrrole nitrogens is 1. The van der Waals surface area contributed by atoms with Crippen LogP contribution < -0.4 is 16.0 Å². The molecule has 2 aromatic carbocycles. The van der Waals surface area contributed by atoms with Crippen molar-refractivity contribution in [1.82, 2.24) is 20.5 Å². The molecule has 1 atom stereocenters. The van der Waals surface area contributed by atoms with E-state index in [2.05, 4.69) is 25.8 Å². The van der Waals surface area contributed by atoms with Crippen LogP contribution in [0.25, 0.3) is 22.8 Å². The zero-order valence-corrected chi connectivity index (χ0v) is 22.7. The standard InChI is InChI=1S/C30H35N5O4/c1-5-35(6-2)17-21(36)16-32-30(39)26-18(3)33-25(27(26)19-10-8-7-9-11-19)15-23-22-14-20(28(37)31-4)12-13-24(22)34-29(23)38/h7-15,21,33,36H,5-6,16-17H2,1-4H3,(H,31,37)(H,32,39)(H,34,38). The van der Waals surface area contributed by atoms with E-state index in [1.54, 1.807) is 31.3 Å². The average Bonchev–Trinajstić information content (AvgIpc) is 3.45. The van der Waals surface area contributed by atoms with E-state index < -0.39 is 6.10 Å². The van der Waals surface area contributed by atoms with Crippen LogP contribution in [0.4, 0.5) is 5.69 Å². The van der Waals surface area contributed by atoms with E-state index in [0.29, 0.717) is 51.4 Å². The second kappa shape index (κ2) is 12.1. The summed E-state index contributed by atoms with van der Waals surface area (Å²) in [6.07, 6.45) is 1.01. The number of amides is 3. The summed E-state index contributed by atoms with van der Waals surface area (Å²) in [5.74, 6) is -0.862. The van der Waals surface area contributed by atoms with E-state index in [1.165, 1.54) is 0 Å². The zero-order valence-electron chi connectivity index (χ0n) is 22.7. The third-order valence-corrected chi connectivity index (χ3v) is 6.95. The van der Waals surface area contributed by atoms with Gasteiger partial charge in [-0.1, -0.05) is 44.2 Å². The summed E-state index contributed by atoms with van der Waals surface area (Å²) in [7, 11) is 1.55. The molecule has 1 aliphatic heterocycles. The highest BCUT2D eigenvalue weighted by atomic mass is 16.3. The average molecular weight is 530 g/mol. The quantitative estimate of drug-likeness (QED) is 0.258. The molecule has 2 heterocycles. The Morgan fingerprint density at radius 1 is 1.08 bits per heavy atom. The number of nitrogens with zero attached hydrogens (tertiary/aromatic N) is 1. The number of aliphatic hydroxyl groups excluding tert-OH is 1. The molecule has 0 radical (unpaired) electrons. The number of likely N-dealkylation sites (N-methyl/N-ethyl adjacent to an activating group) is 1. The van der Waals surface area contributed by atoms with Crippen molar-refractivity contribution in [1.29, 1.82) is 0 Å². The molecule has 0 bridgehead atoms. The molecule has 5 N–H and O–H groups in total. The molecule has 1 unspecified atom stereocenters. The first kappa shape index (κ1) is 27.8. The minimum atomic E-state index is -0.705. The number of benzene rings is 2. The van der Waals surface area contributed by atoms with Crippen molar-refractivity contribution in [2.75, 3.05) is 38.5 Å². The van der Waals surface area contributed by atoms with Gasteiger partial charge in [-0.25, -0.2) is 0 Å². The molecule has 9 heteroatoms. The molecule has 204 valence electrons. The summed E-state index contributed by atoms with van der Waals surface area (Å²) in [6.45, 7) is 8.08. The van der Waals surface area contributed by atoms with Gasteiger partial charge in [0.15, 0.2) is 0 Å². The zero-order chi connectivity index (χ0) is 28.1. The van der Waals surface area contributed by atoms with Gasteiger partial charge in [-0.3, -0.25) is 14.4 Å². The molecule has 0 saturated carbocycles. The van der Waals surface area contributed by atoms with Crippen molar-refractivity contribution >= 4 is 35.1 Å². The van der Waals surface area contributed by atoms with Crippen molar-refractivity contribution in [2.24, 2.45) is 0 Å². The number of anilines is 1. The van der Waals surface area contributed by atoms with Crippen LogP contribution in [-0.4, -0.2) is 72.0 Å². The summed E-state index contributed by atoms with van der Waals surface area (Å²) < 4.78 is 0. The number of aliphatic hydroxyl groups is 1. The number of aromatic amines is 1. The van der Waals surface area contributed by atoms with E-state index in [9.17, 15) is 19.5 Å². The predicted octanol–water partition coefficient (Wildman–Crippen LogP) is 3.27. The summed E-state index contributed by atoms with van der Waals surface area (Å²) in [5, 5.41) is 18.8. The van der Waals surface area contributed by atoms with Gasteiger partial charge in [0.05, 0.1) is 17.2 Å². The number of aryl methyl sites for hydroxylation is 1. The van der Waals surface area contributed by atoms with Crippen molar-refractivity contribution in [3.63, 3.8) is 0 Å². The monoisotopic (exact) mass is 529 g/mol. The number of carbonyl (C=O) groups excluding carboxylic acids is 3. The summed E-state index contributed by atoms with van der Waals surface area (Å²) in [5.41, 5.74) is 5.18. The maximum absolute atomic E-state index is 13.5. The van der Waals surface area contributed by atoms with Crippen molar-refractivity contribution in [3.05, 3.63) is 76.6 Å². The second-order valence-corrected chi connectivity index (χ2v) is 9.48. The van der Waals surface area contributed by atoms with Crippen molar-refractivity contribution in [3.8, 4) is 11.1 Å². The van der Waals surface area contributed by atoms with Crippen LogP contribution in [0.3, 0.4) is 0 Å². The van der Waals surface area contributed by atoms with Gasteiger partial charge >= 0.3 is 0 Å². The largest absolute Gasteiger partial charge is 0.390 e. The molecule has 4 rings (SSSR count). The van der Waals surface area contributed by atoms with Gasteiger partial charge in [0.2, 0.25) is 0 Å². The Morgan fingerprint density at radius 3 is 2.46 bits per heavy atom. The summed E-state index contributed by atoms with van der Waals surface area (Å²) >= 11 is 0. The van der Waals surface area contributed by atoms with Gasteiger partial charge in [-0.05, 0) is 49.9 Å². The number of nitrogens with one attached hydrogen (secondary N) is 4. The van der Waals surface area contributed by atoms with Crippen LogP contribution in [-0.2, 0) is 4.79 Å². The number of aromatic nitrogens is 1. The van der Waals surface area contributed by atoms with Crippen molar-refractivity contribution in [2.45, 2.75) is 26.9 Å². The first-order valence-corrected chi connectivity index (χ1v) is 13.1. The summed E-state index contributed by atoms with van der Waals surface area (Å²) in [4.78, 5) is 44.0. The fraction of sp³-hybridized carbons (Fsp3) is 0.300. The molecule has 0 fully saturated rings. The van der Waals surface area contributed by atoms with Crippen LogP contribution >= 0.6 is 0 Å². The molecule has 0 aliphatic carbocycles. The lowest BCUT2D eigenvalue weighted by molar-refractivity contribution is -0.110. The number of hydrogen-bond acceptors (Lipinski definition) is 5. The maximum Gasteiger partial charge on any atom is 0.256 e. The number of rotatable bonds is 10. The fourth-order valence-corrected chi connectivity index (χ4v) is 4.85. The van der Waals surface area contributed by atoms with Gasteiger partial charge in [0.25, 0.3) is 17.7 Å².